The van der Waals surface area contributed by atoms with Gasteiger partial charge in [0.15, 0.2) is 0 Å². The van der Waals surface area contributed by atoms with Crippen LogP contribution in [0.4, 0.5) is 0 Å². The summed E-state index contributed by atoms with van der Waals surface area (Å²) >= 11 is 0. The molecule has 1 heterocycles. The van der Waals surface area contributed by atoms with Crippen molar-refractivity contribution in [2.75, 3.05) is 53.0 Å². The number of rotatable bonds is 8. The van der Waals surface area contributed by atoms with Crippen molar-refractivity contribution in [3.05, 3.63) is 0 Å². The second-order valence-electron chi connectivity index (χ2n) is 4.78. The zero-order valence-corrected chi connectivity index (χ0v) is 12.4. The molecular formula is C13H26N4O3. The molecule has 1 saturated heterocycles. The zero-order valence-electron chi connectivity index (χ0n) is 12.4. The second-order valence-corrected chi connectivity index (χ2v) is 4.78. The monoisotopic (exact) mass is 286 g/mol. The molecule has 0 saturated carbocycles. The van der Waals surface area contributed by atoms with Crippen LogP contribution in [0.15, 0.2) is 0 Å². The van der Waals surface area contributed by atoms with Crippen molar-refractivity contribution in [3.8, 4) is 0 Å². The molecule has 3 N–H and O–H groups in total. The Kier molecular flexibility index (Phi) is 8.17. The Morgan fingerprint density at radius 3 is 2.90 bits per heavy atom. The minimum Gasteiger partial charge on any atom is -0.385 e. The van der Waals surface area contributed by atoms with Crippen molar-refractivity contribution >= 4 is 11.8 Å². The van der Waals surface area contributed by atoms with Gasteiger partial charge in [0.1, 0.15) is 6.04 Å². The van der Waals surface area contributed by atoms with Crippen molar-refractivity contribution in [2.45, 2.75) is 19.4 Å². The highest BCUT2D eigenvalue weighted by Gasteiger charge is 2.29. The third-order valence-electron chi connectivity index (χ3n) is 3.20. The van der Waals surface area contributed by atoms with Crippen LogP contribution in [0.5, 0.6) is 0 Å². The van der Waals surface area contributed by atoms with E-state index in [1.807, 2.05) is 11.8 Å². The van der Waals surface area contributed by atoms with E-state index in [2.05, 4.69) is 16.0 Å². The van der Waals surface area contributed by atoms with Gasteiger partial charge in [-0.2, -0.15) is 0 Å². The molecule has 7 nitrogen and oxygen atoms in total. The lowest BCUT2D eigenvalue weighted by Crippen LogP contribution is -2.59. The predicted molar refractivity (Wildman–Crippen MR) is 76.4 cm³/mol. The van der Waals surface area contributed by atoms with Crippen LogP contribution >= 0.6 is 0 Å². The fraction of sp³-hybridized carbons (Fsp3) is 0.846. The highest BCUT2D eigenvalue weighted by molar-refractivity contribution is 5.84. The lowest BCUT2D eigenvalue weighted by Gasteiger charge is -2.34. The van der Waals surface area contributed by atoms with Crippen molar-refractivity contribution in [1.82, 2.24) is 20.9 Å². The normalized spacial score (nSPS) is 19.6. The maximum atomic E-state index is 11.9. The molecule has 1 rings (SSSR count). The van der Waals surface area contributed by atoms with Gasteiger partial charge >= 0.3 is 0 Å². The summed E-state index contributed by atoms with van der Waals surface area (Å²) in [6.45, 7) is 6.08. The third-order valence-corrected chi connectivity index (χ3v) is 3.20. The minimum atomic E-state index is -0.270. The van der Waals surface area contributed by atoms with E-state index < -0.39 is 0 Å². The molecule has 20 heavy (non-hydrogen) atoms. The van der Waals surface area contributed by atoms with Crippen LogP contribution in [0.1, 0.15) is 13.3 Å². The van der Waals surface area contributed by atoms with Gasteiger partial charge in [-0.05, 0) is 13.3 Å². The minimum absolute atomic E-state index is 0.0214. The molecule has 116 valence electrons. The van der Waals surface area contributed by atoms with Gasteiger partial charge in [0.2, 0.25) is 11.8 Å². The van der Waals surface area contributed by atoms with E-state index in [9.17, 15) is 9.59 Å². The number of methoxy groups -OCH3 is 1. The van der Waals surface area contributed by atoms with Gasteiger partial charge in [-0.25, -0.2) is 0 Å². The number of amides is 2. The Labute approximate surface area is 120 Å². The standard InChI is InChI=1S/C13H26N4O3/c1-3-15-13(19)11-9-14-6-7-17(11)10-12(18)16-5-4-8-20-2/h11,14H,3-10H2,1-2H3,(H,15,19)(H,16,18). The molecule has 0 aliphatic carbocycles. The summed E-state index contributed by atoms with van der Waals surface area (Å²) in [5.74, 6) is -0.0656. The van der Waals surface area contributed by atoms with Crippen molar-refractivity contribution in [3.63, 3.8) is 0 Å². The molecule has 1 aliphatic rings. The lowest BCUT2D eigenvalue weighted by atomic mass is 10.1. The zero-order chi connectivity index (χ0) is 14.8. The number of carbonyl (C=O) groups excluding carboxylic acids is 2. The molecule has 1 unspecified atom stereocenters. The van der Waals surface area contributed by atoms with Gasteiger partial charge in [-0.3, -0.25) is 14.5 Å². The van der Waals surface area contributed by atoms with Gasteiger partial charge in [-0.15, -0.1) is 0 Å². The molecule has 0 bridgehead atoms. The maximum absolute atomic E-state index is 11.9. The molecule has 1 atom stereocenters. The largest absolute Gasteiger partial charge is 0.385 e. The van der Waals surface area contributed by atoms with Crippen molar-refractivity contribution in [2.24, 2.45) is 0 Å². The van der Waals surface area contributed by atoms with E-state index in [1.54, 1.807) is 7.11 Å². The van der Waals surface area contributed by atoms with E-state index in [0.717, 1.165) is 13.0 Å². The predicted octanol–water partition coefficient (Wildman–Crippen LogP) is -1.45. The number of hydrogen-bond acceptors (Lipinski definition) is 5. The number of piperazine rings is 1. The summed E-state index contributed by atoms with van der Waals surface area (Å²) in [5, 5.41) is 8.84. The summed E-state index contributed by atoms with van der Waals surface area (Å²) in [7, 11) is 1.64. The molecule has 1 fully saturated rings. The number of carbonyl (C=O) groups is 2. The molecular weight excluding hydrogens is 260 g/mol. The number of ether oxygens (including phenoxy) is 1. The Morgan fingerprint density at radius 2 is 2.20 bits per heavy atom. The van der Waals surface area contributed by atoms with Crippen molar-refractivity contribution in [1.29, 1.82) is 0 Å². The SMILES string of the molecule is CCNC(=O)C1CNCCN1CC(=O)NCCCOC. The van der Waals surface area contributed by atoms with Crippen molar-refractivity contribution < 1.29 is 14.3 Å². The Bertz CT molecular complexity index is 312. The molecule has 0 aromatic heterocycles. The smallest absolute Gasteiger partial charge is 0.238 e. The highest BCUT2D eigenvalue weighted by atomic mass is 16.5. The van der Waals surface area contributed by atoms with Crippen LogP contribution in [0.3, 0.4) is 0 Å². The van der Waals surface area contributed by atoms with Gasteiger partial charge in [0, 0.05) is 46.4 Å². The second kappa shape index (κ2) is 9.68. The first-order chi connectivity index (χ1) is 9.69. The van der Waals surface area contributed by atoms with Crippen LogP contribution in [-0.2, 0) is 14.3 Å². The average molecular weight is 286 g/mol. The van der Waals surface area contributed by atoms with Crippen LogP contribution < -0.4 is 16.0 Å². The summed E-state index contributed by atoms with van der Waals surface area (Å²) in [5.41, 5.74) is 0. The van der Waals surface area contributed by atoms with E-state index in [4.69, 9.17) is 4.74 Å². The molecule has 0 spiro atoms. The first-order valence-electron chi connectivity index (χ1n) is 7.17. The highest BCUT2D eigenvalue weighted by Crippen LogP contribution is 2.03. The fourth-order valence-electron chi connectivity index (χ4n) is 2.17. The summed E-state index contributed by atoms with van der Waals surface area (Å²) < 4.78 is 4.93. The van der Waals surface area contributed by atoms with Crippen LogP contribution in [0.25, 0.3) is 0 Å². The summed E-state index contributed by atoms with van der Waals surface area (Å²) in [6, 6.07) is -0.270. The molecule has 2 amide bonds. The van der Waals surface area contributed by atoms with E-state index in [0.29, 0.717) is 32.8 Å². The van der Waals surface area contributed by atoms with Gasteiger partial charge in [-0.1, -0.05) is 0 Å². The van der Waals surface area contributed by atoms with Gasteiger partial charge in [0.25, 0.3) is 0 Å². The van der Waals surface area contributed by atoms with Crippen LogP contribution in [-0.4, -0.2) is 75.7 Å². The molecule has 0 aromatic rings. The van der Waals surface area contributed by atoms with Crippen LogP contribution in [0, 0.1) is 0 Å². The van der Waals surface area contributed by atoms with Gasteiger partial charge in [0.05, 0.1) is 6.54 Å². The Hall–Kier alpha value is -1.18. The summed E-state index contributed by atoms with van der Waals surface area (Å²) in [6.07, 6.45) is 0.795. The number of nitrogens with zero attached hydrogens (tertiary/aromatic N) is 1. The number of likely N-dealkylation sites (N-methyl/N-ethyl adjacent to an activating group) is 1. The topological polar surface area (TPSA) is 82.7 Å². The molecule has 7 heteroatoms. The average Bonchev–Trinajstić information content (AvgIpc) is 2.44. The molecule has 0 aromatic carbocycles. The quantitative estimate of drug-likeness (QED) is 0.476. The fourth-order valence-corrected chi connectivity index (χ4v) is 2.17. The Morgan fingerprint density at radius 1 is 1.40 bits per heavy atom. The first-order valence-corrected chi connectivity index (χ1v) is 7.17. The van der Waals surface area contributed by atoms with Crippen LogP contribution in [0.2, 0.25) is 0 Å². The molecule has 1 aliphatic heterocycles. The van der Waals surface area contributed by atoms with E-state index in [-0.39, 0.29) is 24.4 Å². The maximum Gasteiger partial charge on any atom is 0.238 e. The molecule has 0 radical (unpaired) electrons. The first kappa shape index (κ1) is 16.9. The summed E-state index contributed by atoms with van der Waals surface area (Å²) in [4.78, 5) is 25.7. The lowest BCUT2D eigenvalue weighted by molar-refractivity contribution is -0.129. The van der Waals surface area contributed by atoms with Gasteiger partial charge < -0.3 is 20.7 Å². The number of hydrogen-bond donors (Lipinski definition) is 3. The number of nitrogens with one attached hydrogen (secondary N) is 3. The third kappa shape index (κ3) is 5.85. The Balaban J connectivity index is 2.37. The van der Waals surface area contributed by atoms with E-state index >= 15 is 0 Å². The van der Waals surface area contributed by atoms with E-state index in [1.165, 1.54) is 0 Å².